The second-order valence-electron chi connectivity index (χ2n) is 3.67. The maximum absolute atomic E-state index is 11.0. The van der Waals surface area contributed by atoms with Crippen molar-refractivity contribution in [1.82, 2.24) is 0 Å². The first kappa shape index (κ1) is 13.1. The van der Waals surface area contributed by atoms with Gasteiger partial charge in [0.15, 0.2) is 0 Å². The van der Waals surface area contributed by atoms with E-state index in [2.05, 4.69) is 15.9 Å². The first-order valence-corrected chi connectivity index (χ1v) is 6.10. The average molecular weight is 300 g/mol. The molecule has 5 heteroatoms. The lowest BCUT2D eigenvalue weighted by atomic mass is 10.2. The molecule has 0 unspecified atom stereocenters. The molecule has 0 spiro atoms. The van der Waals surface area contributed by atoms with Crippen molar-refractivity contribution < 1.29 is 9.90 Å². The Morgan fingerprint density at radius 3 is 2.69 bits per heavy atom. The van der Waals surface area contributed by atoms with E-state index in [-0.39, 0.29) is 0 Å². The van der Waals surface area contributed by atoms with Crippen molar-refractivity contribution in [2.24, 2.45) is 0 Å². The van der Waals surface area contributed by atoms with Crippen LogP contribution in [-0.4, -0.2) is 15.8 Å². The molecule has 0 atom stereocenters. The van der Waals surface area contributed by atoms with E-state index in [1.807, 2.05) is 6.07 Å². The Morgan fingerprint density at radius 2 is 2.19 bits per heavy atom. The highest BCUT2D eigenvalue weighted by molar-refractivity contribution is 9.10. The number of halogens is 1. The van der Waals surface area contributed by atoms with Gasteiger partial charge in [0.05, 0.1) is 5.56 Å². The lowest BCUT2D eigenvalue weighted by Gasteiger charge is -2.19. The van der Waals surface area contributed by atoms with Gasteiger partial charge >= 0.3 is 5.97 Å². The molecule has 0 saturated carbocycles. The van der Waals surface area contributed by atoms with Gasteiger partial charge in [0.2, 0.25) is 0 Å². The molecule has 0 amide bonds. The monoisotopic (exact) mass is 299 g/mol. The molecule has 0 fully saturated rings. The zero-order valence-electron chi connectivity index (χ0n) is 8.82. The normalized spacial score (nSPS) is 10.9. The van der Waals surface area contributed by atoms with E-state index in [9.17, 15) is 4.79 Å². The van der Waals surface area contributed by atoms with E-state index in [1.54, 1.807) is 32.0 Å². The molecule has 0 aromatic heterocycles. The first-order valence-electron chi connectivity index (χ1n) is 4.49. The Labute approximate surface area is 107 Å². The summed E-state index contributed by atoms with van der Waals surface area (Å²) in [6.07, 6.45) is 0. The molecular formula is C11H10BrNO2S. The van der Waals surface area contributed by atoms with Gasteiger partial charge in [0.25, 0.3) is 0 Å². The predicted molar refractivity (Wildman–Crippen MR) is 66.4 cm³/mol. The minimum absolute atomic E-state index is 0.488. The number of carbonyl (C=O) groups is 1. The molecule has 0 aliphatic heterocycles. The molecule has 0 heterocycles. The van der Waals surface area contributed by atoms with Gasteiger partial charge in [-0.15, -0.1) is 11.8 Å². The second kappa shape index (κ2) is 4.89. The first-order chi connectivity index (χ1) is 7.36. The lowest BCUT2D eigenvalue weighted by molar-refractivity contribution is -0.138. The Balaban J connectivity index is 3.10. The van der Waals surface area contributed by atoms with E-state index in [0.29, 0.717) is 10.5 Å². The molecule has 0 saturated heterocycles. The maximum atomic E-state index is 11.0. The third kappa shape index (κ3) is 3.00. The van der Waals surface area contributed by atoms with E-state index in [4.69, 9.17) is 10.4 Å². The van der Waals surface area contributed by atoms with Crippen molar-refractivity contribution in [2.75, 3.05) is 0 Å². The quantitative estimate of drug-likeness (QED) is 0.870. The standard InChI is InChI=1S/C11H10BrNO2S/c1-11(2,10(14)15)16-9-5-8(12)4-3-7(9)6-13/h3-5H,1-2H3,(H,14,15). The van der Waals surface area contributed by atoms with Gasteiger partial charge in [-0.2, -0.15) is 5.26 Å². The average Bonchev–Trinajstić information content (AvgIpc) is 2.17. The van der Waals surface area contributed by atoms with Crippen LogP contribution in [0.25, 0.3) is 0 Å². The van der Waals surface area contributed by atoms with Crippen LogP contribution in [0.15, 0.2) is 27.6 Å². The van der Waals surface area contributed by atoms with Crippen molar-refractivity contribution in [3.05, 3.63) is 28.2 Å². The second-order valence-corrected chi connectivity index (χ2v) is 6.25. The zero-order valence-corrected chi connectivity index (χ0v) is 11.2. The fourth-order valence-corrected chi connectivity index (χ4v) is 2.55. The third-order valence-corrected chi connectivity index (χ3v) is 3.68. The number of rotatable bonds is 3. The molecule has 3 nitrogen and oxygen atoms in total. The number of aliphatic carboxylic acids is 1. The third-order valence-electron chi connectivity index (χ3n) is 1.94. The molecule has 0 aliphatic rings. The fraction of sp³-hybridized carbons (Fsp3) is 0.273. The predicted octanol–water partition coefficient (Wildman–Crippen LogP) is 3.28. The summed E-state index contributed by atoms with van der Waals surface area (Å²) in [4.78, 5) is 11.7. The Morgan fingerprint density at radius 1 is 1.56 bits per heavy atom. The van der Waals surface area contributed by atoms with Crippen LogP contribution in [0.2, 0.25) is 0 Å². The van der Waals surface area contributed by atoms with E-state index < -0.39 is 10.7 Å². The van der Waals surface area contributed by atoms with Crippen LogP contribution in [0.1, 0.15) is 19.4 Å². The van der Waals surface area contributed by atoms with Crippen molar-refractivity contribution in [3.63, 3.8) is 0 Å². The highest BCUT2D eigenvalue weighted by Crippen LogP contribution is 2.36. The summed E-state index contributed by atoms with van der Waals surface area (Å²) in [7, 11) is 0. The van der Waals surface area contributed by atoms with Crippen molar-refractivity contribution >= 4 is 33.7 Å². The van der Waals surface area contributed by atoms with Gasteiger partial charge in [0, 0.05) is 9.37 Å². The summed E-state index contributed by atoms with van der Waals surface area (Å²) in [6, 6.07) is 7.24. The number of thioether (sulfide) groups is 1. The van der Waals surface area contributed by atoms with E-state index >= 15 is 0 Å². The van der Waals surface area contributed by atoms with Crippen molar-refractivity contribution in [1.29, 1.82) is 5.26 Å². The molecule has 84 valence electrons. The largest absolute Gasteiger partial charge is 0.480 e. The molecule has 0 bridgehead atoms. The summed E-state index contributed by atoms with van der Waals surface area (Å²) >= 11 is 4.47. The number of benzene rings is 1. The van der Waals surface area contributed by atoms with Gasteiger partial charge in [-0.3, -0.25) is 4.79 Å². The van der Waals surface area contributed by atoms with Crippen molar-refractivity contribution in [3.8, 4) is 6.07 Å². The van der Waals surface area contributed by atoms with Gasteiger partial charge in [-0.25, -0.2) is 0 Å². The Hall–Kier alpha value is -0.990. The summed E-state index contributed by atoms with van der Waals surface area (Å²) in [5, 5.41) is 17.9. The number of carboxylic acid groups (broad SMARTS) is 1. The minimum atomic E-state index is -0.952. The van der Waals surface area contributed by atoms with Crippen LogP contribution in [0, 0.1) is 11.3 Å². The van der Waals surface area contributed by atoms with Gasteiger partial charge in [0.1, 0.15) is 10.8 Å². The molecule has 0 aliphatic carbocycles. The number of nitriles is 1. The van der Waals surface area contributed by atoms with Gasteiger partial charge < -0.3 is 5.11 Å². The lowest BCUT2D eigenvalue weighted by Crippen LogP contribution is -2.27. The summed E-state index contributed by atoms with van der Waals surface area (Å²) in [5.74, 6) is -0.902. The molecule has 1 aromatic rings. The minimum Gasteiger partial charge on any atom is -0.480 e. The van der Waals surface area contributed by atoms with Gasteiger partial charge in [-0.05, 0) is 32.0 Å². The fourth-order valence-electron chi connectivity index (χ4n) is 0.992. The molecule has 1 aromatic carbocycles. The number of hydrogen-bond donors (Lipinski definition) is 1. The van der Waals surface area contributed by atoms with Crippen LogP contribution in [-0.2, 0) is 4.79 Å². The van der Waals surface area contributed by atoms with Crippen LogP contribution in [0.5, 0.6) is 0 Å². The molecule has 16 heavy (non-hydrogen) atoms. The maximum Gasteiger partial charge on any atom is 0.319 e. The smallest absolute Gasteiger partial charge is 0.319 e. The van der Waals surface area contributed by atoms with Crippen LogP contribution in [0.3, 0.4) is 0 Å². The van der Waals surface area contributed by atoms with Crippen LogP contribution in [0.4, 0.5) is 0 Å². The van der Waals surface area contributed by atoms with E-state index in [1.165, 1.54) is 11.8 Å². The Kier molecular flexibility index (Phi) is 4.00. The number of carboxylic acids is 1. The Bertz CT molecular complexity index is 466. The van der Waals surface area contributed by atoms with Crippen molar-refractivity contribution in [2.45, 2.75) is 23.5 Å². The molecule has 1 rings (SSSR count). The zero-order chi connectivity index (χ0) is 12.3. The number of hydrogen-bond acceptors (Lipinski definition) is 3. The molecular weight excluding hydrogens is 290 g/mol. The number of nitrogens with zero attached hydrogens (tertiary/aromatic N) is 1. The van der Waals surface area contributed by atoms with E-state index in [0.717, 1.165) is 4.47 Å². The topological polar surface area (TPSA) is 61.1 Å². The van der Waals surface area contributed by atoms with Crippen LogP contribution >= 0.6 is 27.7 Å². The van der Waals surface area contributed by atoms with Crippen LogP contribution < -0.4 is 0 Å². The molecule has 1 N–H and O–H groups in total. The SMILES string of the molecule is CC(C)(Sc1cc(Br)ccc1C#N)C(=O)O. The summed E-state index contributed by atoms with van der Waals surface area (Å²) in [5.41, 5.74) is 0.488. The summed E-state index contributed by atoms with van der Waals surface area (Å²) in [6.45, 7) is 3.23. The molecule has 0 radical (unpaired) electrons. The highest BCUT2D eigenvalue weighted by atomic mass is 79.9. The summed E-state index contributed by atoms with van der Waals surface area (Å²) < 4.78 is -0.123. The van der Waals surface area contributed by atoms with Gasteiger partial charge in [-0.1, -0.05) is 15.9 Å². The highest BCUT2D eigenvalue weighted by Gasteiger charge is 2.29.